The van der Waals surface area contributed by atoms with Crippen molar-refractivity contribution >= 4 is 10.8 Å². The van der Waals surface area contributed by atoms with Gasteiger partial charge in [-0.25, -0.2) is 0 Å². The Morgan fingerprint density at radius 1 is 0.816 bits per heavy atom. The molecule has 5 rings (SSSR count). The number of rotatable bonds is 5. The van der Waals surface area contributed by atoms with Crippen LogP contribution in [0.15, 0.2) is 110 Å². The largest absolute Gasteiger partial charge is 0.513 e. The topological polar surface area (TPSA) is 20.2 Å². The maximum Gasteiger partial charge on any atom is 0.0848 e. The fourth-order valence-corrected chi connectivity index (χ4v) is 4.89. The maximum atomic E-state index is 8.17. The Kier molecular flexibility index (Phi) is 11.4. The Labute approximate surface area is 230 Å². The van der Waals surface area contributed by atoms with E-state index in [0.717, 1.165) is 12.3 Å². The highest BCUT2D eigenvalue weighted by molar-refractivity contribution is 5.86. The molecule has 0 amide bonds. The lowest BCUT2D eigenvalue weighted by Crippen LogP contribution is -2.01. The summed E-state index contributed by atoms with van der Waals surface area (Å²) >= 11 is 0. The van der Waals surface area contributed by atoms with Gasteiger partial charge in [0.2, 0.25) is 0 Å². The monoisotopic (exact) mass is 504 g/mol. The number of aryl methyl sites for hydroxylation is 2. The summed E-state index contributed by atoms with van der Waals surface area (Å²) in [5, 5.41) is 10.8. The predicted molar refractivity (Wildman–Crippen MR) is 167 cm³/mol. The second kappa shape index (κ2) is 15.0. The quantitative estimate of drug-likeness (QED) is 0.212. The van der Waals surface area contributed by atoms with Crippen molar-refractivity contribution in [2.24, 2.45) is 5.92 Å². The second-order valence-corrected chi connectivity index (χ2v) is 10.4. The van der Waals surface area contributed by atoms with Crippen LogP contribution in [0.4, 0.5) is 0 Å². The SMILES string of the molecule is C=C(O)CC.C=CC1CCCCC1.Cc1cccc(-c2ccc(C)c(Cc3cccc4ccccc34)c2)c1. The normalized spacial score (nSPS) is 13.0. The van der Waals surface area contributed by atoms with Gasteiger partial charge < -0.3 is 5.11 Å². The van der Waals surface area contributed by atoms with Crippen LogP contribution < -0.4 is 0 Å². The van der Waals surface area contributed by atoms with E-state index in [-0.39, 0.29) is 5.76 Å². The Morgan fingerprint density at radius 2 is 1.47 bits per heavy atom. The summed E-state index contributed by atoms with van der Waals surface area (Å²) in [6, 6.07) is 30.8. The first kappa shape index (κ1) is 29.0. The number of aliphatic hydroxyl groups is 1. The first-order valence-electron chi connectivity index (χ1n) is 14.0. The van der Waals surface area contributed by atoms with Gasteiger partial charge in [-0.05, 0) is 77.6 Å². The molecule has 0 spiro atoms. The van der Waals surface area contributed by atoms with Gasteiger partial charge in [-0.2, -0.15) is 0 Å². The standard InChI is InChI=1S/C25H22.C8H14.C4H8O/c1-18-7-5-10-21(15-18)22-14-13-19(2)24(16-22)17-23-11-6-9-20-8-3-4-12-25(20)23;1-2-8-6-4-3-5-7-8;1-3-4(2)5/h3-16H,17H2,1-2H3;2,8H,1,3-7H2;5H,2-3H2,1H3. The molecule has 0 heterocycles. The van der Waals surface area contributed by atoms with Crippen LogP contribution in [0.3, 0.4) is 0 Å². The lowest BCUT2D eigenvalue weighted by atomic mass is 9.90. The summed E-state index contributed by atoms with van der Waals surface area (Å²) in [5.41, 5.74) is 8.03. The number of fused-ring (bicyclic) bond motifs is 1. The van der Waals surface area contributed by atoms with Crippen LogP contribution in [0.25, 0.3) is 21.9 Å². The molecule has 0 aromatic heterocycles. The highest BCUT2D eigenvalue weighted by Crippen LogP contribution is 2.27. The van der Waals surface area contributed by atoms with Crippen molar-refractivity contribution in [1.82, 2.24) is 0 Å². The van der Waals surface area contributed by atoms with Crippen LogP contribution in [0.1, 0.15) is 67.7 Å². The van der Waals surface area contributed by atoms with Gasteiger partial charge in [-0.1, -0.05) is 129 Å². The van der Waals surface area contributed by atoms with Crippen molar-refractivity contribution in [3.63, 3.8) is 0 Å². The van der Waals surface area contributed by atoms with E-state index in [0.29, 0.717) is 6.42 Å². The van der Waals surface area contributed by atoms with Crippen molar-refractivity contribution in [2.75, 3.05) is 0 Å². The molecule has 0 bridgehead atoms. The van der Waals surface area contributed by atoms with Crippen LogP contribution in [0.2, 0.25) is 0 Å². The third-order valence-corrected chi connectivity index (χ3v) is 7.35. The van der Waals surface area contributed by atoms with E-state index >= 15 is 0 Å². The first-order valence-corrected chi connectivity index (χ1v) is 14.0. The zero-order valence-electron chi connectivity index (χ0n) is 23.5. The van der Waals surface area contributed by atoms with Crippen molar-refractivity contribution in [3.05, 3.63) is 132 Å². The third-order valence-electron chi connectivity index (χ3n) is 7.35. The minimum Gasteiger partial charge on any atom is -0.513 e. The summed E-state index contributed by atoms with van der Waals surface area (Å²) in [5.74, 6) is 1.11. The molecule has 198 valence electrons. The Bertz CT molecular complexity index is 1320. The molecule has 1 N–H and O–H groups in total. The summed E-state index contributed by atoms with van der Waals surface area (Å²) in [4.78, 5) is 0. The van der Waals surface area contributed by atoms with Gasteiger partial charge in [-0.3, -0.25) is 0 Å². The molecule has 0 atom stereocenters. The van der Waals surface area contributed by atoms with Crippen LogP contribution in [-0.2, 0) is 6.42 Å². The maximum absolute atomic E-state index is 8.17. The molecule has 4 aromatic carbocycles. The van der Waals surface area contributed by atoms with Gasteiger partial charge in [0.15, 0.2) is 0 Å². The highest BCUT2D eigenvalue weighted by Gasteiger charge is 2.08. The fraction of sp³-hybridized carbons (Fsp3) is 0.297. The molecule has 38 heavy (non-hydrogen) atoms. The molecule has 1 fully saturated rings. The first-order chi connectivity index (χ1) is 18.4. The Balaban J connectivity index is 0.000000254. The fourth-order valence-electron chi connectivity index (χ4n) is 4.89. The van der Waals surface area contributed by atoms with Crippen LogP contribution >= 0.6 is 0 Å². The van der Waals surface area contributed by atoms with Gasteiger partial charge >= 0.3 is 0 Å². The Hall–Kier alpha value is -3.58. The van der Waals surface area contributed by atoms with Crippen molar-refractivity contribution in [1.29, 1.82) is 0 Å². The number of allylic oxidation sites excluding steroid dienone is 2. The van der Waals surface area contributed by atoms with Gasteiger partial charge in [0.25, 0.3) is 0 Å². The van der Waals surface area contributed by atoms with Gasteiger partial charge in [0.05, 0.1) is 5.76 Å². The summed E-state index contributed by atoms with van der Waals surface area (Å²) < 4.78 is 0. The lowest BCUT2D eigenvalue weighted by molar-refractivity contribution is 0.397. The molecule has 1 aliphatic rings. The van der Waals surface area contributed by atoms with Crippen LogP contribution in [-0.4, -0.2) is 5.11 Å². The molecule has 1 aliphatic carbocycles. The molecule has 0 unspecified atom stereocenters. The third kappa shape index (κ3) is 8.77. The zero-order chi connectivity index (χ0) is 27.3. The van der Waals surface area contributed by atoms with Crippen LogP contribution in [0.5, 0.6) is 0 Å². The molecule has 0 saturated heterocycles. The molecule has 1 nitrogen and oxygen atoms in total. The molecular weight excluding hydrogens is 460 g/mol. The minimum absolute atomic E-state index is 0.255. The summed E-state index contributed by atoms with van der Waals surface area (Å²) in [6.07, 6.45) is 10.8. The van der Waals surface area contributed by atoms with E-state index in [4.69, 9.17) is 5.11 Å². The van der Waals surface area contributed by atoms with E-state index in [1.165, 1.54) is 76.3 Å². The predicted octanol–water partition coefficient (Wildman–Crippen LogP) is 10.9. The van der Waals surface area contributed by atoms with Crippen molar-refractivity contribution < 1.29 is 5.11 Å². The van der Waals surface area contributed by atoms with E-state index in [1.54, 1.807) is 0 Å². The minimum atomic E-state index is 0.255. The smallest absolute Gasteiger partial charge is 0.0848 e. The highest BCUT2D eigenvalue weighted by atomic mass is 16.3. The molecular formula is C37H44O. The van der Waals surface area contributed by atoms with E-state index in [2.05, 4.69) is 118 Å². The summed E-state index contributed by atoms with van der Waals surface area (Å²) in [6.45, 7) is 13.2. The van der Waals surface area contributed by atoms with E-state index < -0.39 is 0 Å². The zero-order valence-corrected chi connectivity index (χ0v) is 23.5. The average Bonchev–Trinajstić information content (AvgIpc) is 2.95. The average molecular weight is 505 g/mol. The number of hydrogen-bond acceptors (Lipinski definition) is 1. The summed E-state index contributed by atoms with van der Waals surface area (Å²) in [7, 11) is 0. The van der Waals surface area contributed by atoms with E-state index in [9.17, 15) is 0 Å². The Morgan fingerprint density at radius 3 is 2.13 bits per heavy atom. The van der Waals surface area contributed by atoms with Crippen molar-refractivity contribution in [2.45, 2.75) is 65.7 Å². The lowest BCUT2D eigenvalue weighted by Gasteiger charge is -2.16. The molecule has 1 saturated carbocycles. The van der Waals surface area contributed by atoms with Gasteiger partial charge in [0, 0.05) is 6.42 Å². The van der Waals surface area contributed by atoms with Gasteiger partial charge in [-0.15, -0.1) is 6.58 Å². The second-order valence-electron chi connectivity index (χ2n) is 10.4. The van der Waals surface area contributed by atoms with Crippen molar-refractivity contribution in [3.8, 4) is 11.1 Å². The molecule has 0 aliphatic heterocycles. The molecule has 0 radical (unpaired) electrons. The number of aliphatic hydroxyl groups excluding tert-OH is 1. The van der Waals surface area contributed by atoms with Gasteiger partial charge in [0.1, 0.15) is 0 Å². The van der Waals surface area contributed by atoms with E-state index in [1.807, 2.05) is 6.92 Å². The molecule has 1 heteroatoms. The molecule has 4 aromatic rings. The number of benzene rings is 4. The van der Waals surface area contributed by atoms with Crippen LogP contribution in [0, 0.1) is 19.8 Å². The number of hydrogen-bond donors (Lipinski definition) is 1.